The topological polar surface area (TPSA) is 83.8 Å². The Morgan fingerprint density at radius 1 is 0.806 bits per heavy atom. The summed E-state index contributed by atoms with van der Waals surface area (Å²) in [5.74, 6) is -1.21. The Labute approximate surface area is 190 Å². The monoisotopic (exact) mass is 442 g/mol. The number of carboxylic acids is 1. The first-order chi connectivity index (χ1) is 14.7. The molecule has 31 heavy (non-hydrogen) atoms. The molecule has 0 rings (SSSR count). The van der Waals surface area contributed by atoms with Crippen LogP contribution < -0.4 is 0 Å². The van der Waals surface area contributed by atoms with E-state index in [-0.39, 0.29) is 12.4 Å². The van der Waals surface area contributed by atoms with Gasteiger partial charge in [0.05, 0.1) is 27.6 Å². The Balaban J connectivity index is 3.59. The van der Waals surface area contributed by atoms with Gasteiger partial charge in [0.2, 0.25) is 0 Å². The molecule has 182 valence electrons. The Hall–Kier alpha value is -1.40. The second kappa shape index (κ2) is 19.3. The standard InChI is InChI=1S/C25H47NO5/c1-26(2,3)22-23(21-24(28)29)31-25(30)19-17-15-13-11-9-7-5-4-6-8-10-12-14-16-18-20-27/h8,10,23,27H,4-7,9,11-22H2,1-3H3/p+1. The predicted octanol–water partition coefficient (Wildman–Crippen LogP) is 5.09. The number of unbranched alkanes of at least 4 members (excludes halogenated alkanes) is 11. The zero-order valence-corrected chi connectivity index (χ0v) is 20.3. The van der Waals surface area contributed by atoms with Gasteiger partial charge in [-0.25, -0.2) is 0 Å². The minimum absolute atomic E-state index is 0.137. The number of carboxylic acid groups (broad SMARTS) is 1. The van der Waals surface area contributed by atoms with Gasteiger partial charge in [-0.2, -0.15) is 0 Å². The third-order valence-corrected chi connectivity index (χ3v) is 5.15. The molecule has 1 atom stereocenters. The summed E-state index contributed by atoms with van der Waals surface area (Å²) in [6, 6.07) is 0. The minimum atomic E-state index is -0.934. The number of aliphatic hydroxyl groups is 1. The smallest absolute Gasteiger partial charge is 0.307 e. The molecular weight excluding hydrogens is 394 g/mol. The van der Waals surface area contributed by atoms with Gasteiger partial charge in [-0.15, -0.1) is 0 Å². The quantitative estimate of drug-likeness (QED) is 0.112. The number of nitrogens with zero attached hydrogens (tertiary/aromatic N) is 1. The van der Waals surface area contributed by atoms with Crippen LogP contribution in [-0.2, 0) is 14.3 Å². The van der Waals surface area contributed by atoms with Gasteiger partial charge in [0.25, 0.3) is 0 Å². The second-order valence-electron chi connectivity index (χ2n) is 9.59. The molecule has 0 fully saturated rings. The Morgan fingerprint density at radius 2 is 1.29 bits per heavy atom. The van der Waals surface area contributed by atoms with E-state index in [2.05, 4.69) is 12.2 Å². The number of rotatable bonds is 21. The van der Waals surface area contributed by atoms with Crippen LogP contribution in [0.25, 0.3) is 0 Å². The number of hydrogen-bond donors (Lipinski definition) is 2. The molecule has 1 unspecified atom stereocenters. The number of aliphatic carboxylic acids is 1. The summed E-state index contributed by atoms with van der Waals surface area (Å²) in [6.45, 7) is 0.806. The van der Waals surface area contributed by atoms with Crippen molar-refractivity contribution in [3.05, 3.63) is 12.2 Å². The van der Waals surface area contributed by atoms with Crippen LogP contribution in [0.5, 0.6) is 0 Å². The molecule has 6 heteroatoms. The molecule has 2 N–H and O–H groups in total. The summed E-state index contributed by atoms with van der Waals surface area (Å²) in [4.78, 5) is 23.0. The van der Waals surface area contributed by atoms with Crippen LogP contribution in [0.1, 0.15) is 96.3 Å². The number of likely N-dealkylation sites (N-methyl/N-ethyl adjacent to an activating group) is 1. The number of aliphatic hydroxyl groups excluding tert-OH is 1. The van der Waals surface area contributed by atoms with Crippen LogP contribution >= 0.6 is 0 Å². The average molecular weight is 443 g/mol. The number of hydrogen-bond acceptors (Lipinski definition) is 4. The first kappa shape index (κ1) is 29.6. The van der Waals surface area contributed by atoms with Crippen molar-refractivity contribution in [3.8, 4) is 0 Å². The average Bonchev–Trinajstić information content (AvgIpc) is 2.65. The number of allylic oxidation sites excluding steroid dienone is 2. The van der Waals surface area contributed by atoms with Gasteiger partial charge in [0.15, 0.2) is 6.10 Å². The zero-order valence-electron chi connectivity index (χ0n) is 20.3. The van der Waals surface area contributed by atoms with E-state index in [4.69, 9.17) is 14.9 Å². The van der Waals surface area contributed by atoms with E-state index in [0.29, 0.717) is 24.1 Å². The predicted molar refractivity (Wildman–Crippen MR) is 126 cm³/mol. The molecule has 0 heterocycles. The summed E-state index contributed by atoms with van der Waals surface area (Å²) >= 11 is 0. The third-order valence-electron chi connectivity index (χ3n) is 5.15. The van der Waals surface area contributed by atoms with Gasteiger partial charge in [0, 0.05) is 13.0 Å². The van der Waals surface area contributed by atoms with Gasteiger partial charge < -0.3 is 19.4 Å². The maximum Gasteiger partial charge on any atom is 0.307 e. The van der Waals surface area contributed by atoms with Crippen molar-refractivity contribution in [2.75, 3.05) is 34.3 Å². The van der Waals surface area contributed by atoms with Crippen LogP contribution in [0.4, 0.5) is 0 Å². The van der Waals surface area contributed by atoms with Crippen LogP contribution in [-0.4, -0.2) is 67.0 Å². The number of quaternary nitrogens is 1. The molecule has 0 amide bonds. The molecule has 0 spiro atoms. The van der Waals surface area contributed by atoms with E-state index in [1.54, 1.807) is 0 Å². The molecule has 0 aromatic carbocycles. The number of carbonyl (C=O) groups is 2. The lowest BCUT2D eigenvalue weighted by Gasteiger charge is -2.28. The van der Waals surface area contributed by atoms with Gasteiger partial charge in [-0.05, 0) is 38.5 Å². The van der Waals surface area contributed by atoms with Crippen molar-refractivity contribution >= 4 is 11.9 Å². The lowest BCUT2D eigenvalue weighted by atomic mass is 10.1. The number of carbonyl (C=O) groups excluding carboxylic acids is 1. The highest BCUT2D eigenvalue weighted by molar-refractivity contribution is 5.71. The summed E-state index contributed by atoms with van der Waals surface area (Å²) in [6.07, 6.45) is 19.0. The van der Waals surface area contributed by atoms with Gasteiger partial charge in [-0.3, -0.25) is 9.59 Å². The highest BCUT2D eigenvalue weighted by Gasteiger charge is 2.24. The van der Waals surface area contributed by atoms with Crippen molar-refractivity contribution in [2.24, 2.45) is 0 Å². The van der Waals surface area contributed by atoms with Crippen molar-refractivity contribution in [1.82, 2.24) is 0 Å². The molecule has 0 aromatic heterocycles. The van der Waals surface area contributed by atoms with Crippen LogP contribution in [0.2, 0.25) is 0 Å². The number of esters is 1. The van der Waals surface area contributed by atoms with Gasteiger partial charge in [0.1, 0.15) is 6.54 Å². The Morgan fingerprint density at radius 3 is 1.77 bits per heavy atom. The molecule has 0 aliphatic carbocycles. The molecule has 0 saturated heterocycles. The summed E-state index contributed by atoms with van der Waals surface area (Å²) < 4.78 is 5.97. The van der Waals surface area contributed by atoms with E-state index in [1.165, 1.54) is 44.9 Å². The van der Waals surface area contributed by atoms with E-state index in [1.807, 2.05) is 21.1 Å². The SMILES string of the molecule is C[N+](C)(C)CC(CC(=O)O)OC(=O)CCCCCCCCCCC=CCCCCCO. The highest BCUT2D eigenvalue weighted by atomic mass is 16.5. The largest absolute Gasteiger partial charge is 0.481 e. The fourth-order valence-corrected chi connectivity index (χ4v) is 3.57. The maximum atomic E-state index is 12.0. The minimum Gasteiger partial charge on any atom is -0.481 e. The van der Waals surface area contributed by atoms with Crippen LogP contribution in [0.15, 0.2) is 12.2 Å². The lowest BCUT2D eigenvalue weighted by Crippen LogP contribution is -2.43. The first-order valence-electron chi connectivity index (χ1n) is 12.2. The summed E-state index contributed by atoms with van der Waals surface area (Å²) in [5.41, 5.74) is 0. The molecule has 0 radical (unpaired) electrons. The molecule has 0 aliphatic rings. The highest BCUT2D eigenvalue weighted by Crippen LogP contribution is 2.13. The molecule has 0 aliphatic heterocycles. The van der Waals surface area contributed by atoms with Crippen molar-refractivity contribution in [1.29, 1.82) is 0 Å². The van der Waals surface area contributed by atoms with E-state index >= 15 is 0 Å². The van der Waals surface area contributed by atoms with Gasteiger partial charge >= 0.3 is 11.9 Å². The second-order valence-corrected chi connectivity index (χ2v) is 9.59. The van der Waals surface area contributed by atoms with E-state index in [0.717, 1.165) is 38.5 Å². The molecule has 0 saturated carbocycles. The van der Waals surface area contributed by atoms with Crippen molar-refractivity contribution in [2.45, 2.75) is 102 Å². The normalized spacial score (nSPS) is 12.9. The maximum absolute atomic E-state index is 12.0. The molecule has 6 nitrogen and oxygen atoms in total. The van der Waals surface area contributed by atoms with Crippen molar-refractivity contribution in [3.63, 3.8) is 0 Å². The van der Waals surface area contributed by atoms with Gasteiger partial charge in [-0.1, -0.05) is 57.1 Å². The van der Waals surface area contributed by atoms with Crippen LogP contribution in [0, 0.1) is 0 Å². The Bertz CT molecular complexity index is 485. The molecule has 0 aromatic rings. The summed E-state index contributed by atoms with van der Waals surface area (Å²) in [5, 5.41) is 17.7. The van der Waals surface area contributed by atoms with E-state index < -0.39 is 12.1 Å². The first-order valence-corrected chi connectivity index (χ1v) is 12.2. The van der Waals surface area contributed by atoms with Crippen LogP contribution in [0.3, 0.4) is 0 Å². The fraction of sp³-hybridized carbons (Fsp3) is 0.840. The zero-order chi connectivity index (χ0) is 23.4. The third kappa shape index (κ3) is 23.1. The molecule has 0 bridgehead atoms. The van der Waals surface area contributed by atoms with E-state index in [9.17, 15) is 9.59 Å². The van der Waals surface area contributed by atoms with Crippen molar-refractivity contribution < 1.29 is 29.0 Å². The lowest BCUT2D eigenvalue weighted by molar-refractivity contribution is -0.873. The summed E-state index contributed by atoms with van der Waals surface area (Å²) in [7, 11) is 5.88. The Kier molecular flexibility index (Phi) is 18.4. The molecular formula is C25H48NO5+. The fourth-order valence-electron chi connectivity index (χ4n) is 3.57. The number of ether oxygens (including phenoxy) is 1.